The fourth-order valence-electron chi connectivity index (χ4n) is 23.8. The van der Waals surface area contributed by atoms with Crippen molar-refractivity contribution in [2.24, 2.45) is 0 Å². The van der Waals surface area contributed by atoms with Gasteiger partial charge in [0.1, 0.15) is 22.3 Å². The number of aromatic nitrogens is 6. The summed E-state index contributed by atoms with van der Waals surface area (Å²) < 4.78 is 12.6. The molecule has 0 amide bonds. The molecule has 145 heavy (non-hydrogen) atoms. The SMILES string of the molecule is CC1(C)c2ccccc2-c2cc3c(ccc4c(-c5nc(-c6ccccc6)nc(-c6ccc7c(c6)oc6ccccc67)n5)cccc43)cc2C1(C)C.CC1(C)c2ccccc2-c2cc3c(ccc4c(-c5nc(-c6ccccc6)nc(-c6ccc7ccccc7c6)n5)cccc43)cc2C1(C)C.CC1(C)c2ccccc2-c2cc3c(ccc4c(N(c5ccccc5)c5ccc6c(c5)oc5ccccc56)cccc43)cc2C1(C)C. The summed E-state index contributed by atoms with van der Waals surface area (Å²) >= 11 is 0. The van der Waals surface area contributed by atoms with E-state index in [9.17, 15) is 0 Å². The molecule has 0 aliphatic heterocycles. The third-order valence-corrected chi connectivity index (χ3v) is 33.7. The van der Waals surface area contributed by atoms with Gasteiger partial charge < -0.3 is 13.7 Å². The quantitative estimate of drug-likeness (QED) is 0.131. The van der Waals surface area contributed by atoms with Crippen molar-refractivity contribution < 1.29 is 8.83 Å². The van der Waals surface area contributed by atoms with E-state index in [4.69, 9.17) is 38.7 Å². The maximum absolute atomic E-state index is 6.35. The molecule has 25 aromatic rings. The average molecular weight is 1870 g/mol. The minimum atomic E-state index is -0.0534. The van der Waals surface area contributed by atoms with Gasteiger partial charge in [0.25, 0.3) is 0 Å². The van der Waals surface area contributed by atoms with Gasteiger partial charge in [0.05, 0.1) is 5.69 Å². The number of para-hydroxylation sites is 3. The zero-order chi connectivity index (χ0) is 98.3. The van der Waals surface area contributed by atoms with Crippen LogP contribution in [0.2, 0.25) is 0 Å². The van der Waals surface area contributed by atoms with Crippen LogP contribution in [0, 0.1) is 0 Å². The monoisotopic (exact) mass is 1870 g/mol. The number of hydrogen-bond donors (Lipinski definition) is 0. The lowest BCUT2D eigenvalue weighted by Gasteiger charge is -2.48. The minimum absolute atomic E-state index is 0.00537. The molecule has 0 saturated heterocycles. The number of furan rings is 2. The van der Waals surface area contributed by atoms with Crippen LogP contribution in [-0.2, 0) is 32.5 Å². The molecule has 0 spiro atoms. The lowest BCUT2D eigenvalue weighted by atomic mass is 9.55. The third kappa shape index (κ3) is 14.0. The van der Waals surface area contributed by atoms with E-state index in [-0.39, 0.29) is 32.5 Å². The van der Waals surface area contributed by atoms with Gasteiger partial charge in [-0.3, -0.25) is 0 Å². The van der Waals surface area contributed by atoms with Gasteiger partial charge in [-0.05, 0) is 266 Å². The highest BCUT2D eigenvalue weighted by Crippen LogP contribution is 2.60. The fourth-order valence-corrected chi connectivity index (χ4v) is 23.8. The summed E-state index contributed by atoms with van der Waals surface area (Å²) in [5, 5.41) is 21.4. The van der Waals surface area contributed by atoms with Crippen LogP contribution in [0.4, 0.5) is 17.1 Å². The number of benzene rings is 21. The van der Waals surface area contributed by atoms with Gasteiger partial charge in [-0.2, -0.15) is 0 Å². The number of nitrogens with zero attached hydrogens (tertiary/aromatic N) is 7. The van der Waals surface area contributed by atoms with Gasteiger partial charge in [0.2, 0.25) is 0 Å². The zero-order valence-corrected chi connectivity index (χ0v) is 83.3. The summed E-state index contributed by atoms with van der Waals surface area (Å²) in [7, 11) is 0. The molecule has 0 atom stereocenters. The smallest absolute Gasteiger partial charge is 0.164 e. The molecule has 0 radical (unpaired) electrons. The molecule has 0 N–H and O–H groups in total. The van der Waals surface area contributed by atoms with Crippen molar-refractivity contribution in [3.05, 3.63) is 452 Å². The van der Waals surface area contributed by atoms with Crippen LogP contribution in [0.5, 0.6) is 0 Å². The molecule has 696 valence electrons. The molecular weight excluding hydrogens is 1760 g/mol. The highest BCUT2D eigenvalue weighted by Gasteiger charge is 2.49. The first kappa shape index (κ1) is 88.1. The van der Waals surface area contributed by atoms with Gasteiger partial charge in [0.15, 0.2) is 34.9 Å². The lowest BCUT2D eigenvalue weighted by Crippen LogP contribution is -2.43. The standard InChI is InChI=1S/C47H35N3O.C45H35N3.C44H35NO/c1-46(2)39-19-10-8-15-33(39)38-27-37-29(25-40(38)47(46,3)4)21-23-32-31(37)17-12-18-36(32)45-49-43(28-13-6-5-7-14-28)48-44(50-45)30-22-24-35-34-16-9-11-20-41(34)51-42(35)26-30;1-44(2)39-20-11-10-17-35(39)38-27-37-31(26-40(38)45(44,3)4)23-24-34-33(37)18-12-19-36(34)43-47-41(29-14-6-5-7-15-29)46-42(48-43)32-22-21-28-13-8-9-16-30(28)25-32;1-43(2)38-18-10-8-15-32(38)37-27-36-28(25-39(37)44(43,3)4)21-23-33-31(36)17-12-19-40(33)45(29-13-6-5-7-14-29)30-22-24-35-34-16-9-11-20-41(34)46-42(35)26-30/h5-27H,1-4H3;5-27H,1-4H3;5-27H,1-4H3. The largest absolute Gasteiger partial charge is 0.456 e. The van der Waals surface area contributed by atoms with E-state index in [0.29, 0.717) is 34.9 Å². The second kappa shape index (κ2) is 33.2. The van der Waals surface area contributed by atoms with Crippen LogP contribution in [0.3, 0.4) is 0 Å². The molecule has 9 heteroatoms. The summed E-state index contributed by atoms with van der Waals surface area (Å²) in [5.41, 5.74) is 28.8. The summed E-state index contributed by atoms with van der Waals surface area (Å²) in [4.78, 5) is 32.9. The summed E-state index contributed by atoms with van der Waals surface area (Å²) in [6.07, 6.45) is 0. The first-order valence-corrected chi connectivity index (χ1v) is 50.5. The highest BCUT2D eigenvalue weighted by atomic mass is 16.3. The van der Waals surface area contributed by atoms with Crippen molar-refractivity contribution in [1.82, 2.24) is 29.9 Å². The third-order valence-electron chi connectivity index (χ3n) is 33.7. The predicted molar refractivity (Wildman–Crippen MR) is 605 cm³/mol. The predicted octanol–water partition coefficient (Wildman–Crippen LogP) is 36.5. The summed E-state index contributed by atoms with van der Waals surface area (Å²) in [6, 6.07) is 150. The fraction of sp³-hybridized carbons (Fsp3) is 0.132. The van der Waals surface area contributed by atoms with Crippen molar-refractivity contribution in [2.75, 3.05) is 4.90 Å². The Balaban J connectivity index is 0.000000111. The van der Waals surface area contributed by atoms with Gasteiger partial charge in [0, 0.05) is 77.8 Å². The number of fused-ring (bicyclic) bond motifs is 25. The highest BCUT2D eigenvalue weighted by molar-refractivity contribution is 6.18. The normalized spacial score (nSPS) is 14.7. The van der Waals surface area contributed by atoms with E-state index in [0.717, 1.165) is 110 Å². The molecule has 0 bridgehead atoms. The molecule has 4 heterocycles. The van der Waals surface area contributed by atoms with Crippen LogP contribution < -0.4 is 4.90 Å². The molecule has 3 aliphatic rings. The molecule has 9 nitrogen and oxygen atoms in total. The van der Waals surface area contributed by atoms with Gasteiger partial charge in [-0.1, -0.05) is 399 Å². The Morgan fingerprint density at radius 3 is 0.952 bits per heavy atom. The number of anilines is 3. The van der Waals surface area contributed by atoms with Crippen molar-refractivity contribution in [2.45, 2.75) is 116 Å². The van der Waals surface area contributed by atoms with Gasteiger partial charge >= 0.3 is 0 Å². The van der Waals surface area contributed by atoms with Crippen LogP contribution in [0.15, 0.2) is 427 Å². The molecule has 0 fully saturated rings. The van der Waals surface area contributed by atoms with E-state index in [1.54, 1.807) is 0 Å². The Bertz CT molecular complexity index is 9660. The second-order valence-electron chi connectivity index (χ2n) is 42.8. The summed E-state index contributed by atoms with van der Waals surface area (Å²) in [6.45, 7) is 28.7. The second-order valence-corrected chi connectivity index (χ2v) is 42.8. The van der Waals surface area contributed by atoms with Gasteiger partial charge in [-0.25, -0.2) is 29.9 Å². The van der Waals surface area contributed by atoms with Crippen molar-refractivity contribution in [3.8, 4) is 102 Å². The zero-order valence-electron chi connectivity index (χ0n) is 83.3. The van der Waals surface area contributed by atoms with Crippen LogP contribution in [0.25, 0.3) is 221 Å². The maximum Gasteiger partial charge on any atom is 0.164 e. The molecule has 3 aliphatic carbocycles. The topological polar surface area (TPSA) is 107 Å². The Hall–Kier alpha value is -17.1. The van der Waals surface area contributed by atoms with Crippen LogP contribution >= 0.6 is 0 Å². The van der Waals surface area contributed by atoms with Crippen LogP contribution in [0.1, 0.15) is 116 Å². The molecule has 21 aromatic carbocycles. The first-order valence-electron chi connectivity index (χ1n) is 50.5. The Morgan fingerprint density at radius 2 is 0.483 bits per heavy atom. The number of hydrogen-bond acceptors (Lipinski definition) is 9. The van der Waals surface area contributed by atoms with E-state index < -0.39 is 0 Å². The Morgan fingerprint density at radius 1 is 0.166 bits per heavy atom. The number of rotatable bonds is 9. The first-order chi connectivity index (χ1) is 70.4. The van der Waals surface area contributed by atoms with Gasteiger partial charge in [-0.15, -0.1) is 0 Å². The molecular formula is C136H105N7O2. The summed E-state index contributed by atoms with van der Waals surface area (Å²) in [5.74, 6) is 3.88. The molecule has 28 rings (SSSR count). The van der Waals surface area contributed by atoms with E-state index >= 15 is 0 Å². The Labute approximate surface area is 843 Å². The molecule has 4 aromatic heterocycles. The molecule has 0 unspecified atom stereocenters. The van der Waals surface area contributed by atoms with Crippen molar-refractivity contribution >= 4 is 136 Å². The van der Waals surface area contributed by atoms with Crippen molar-refractivity contribution in [1.29, 1.82) is 0 Å². The van der Waals surface area contributed by atoms with Crippen molar-refractivity contribution in [3.63, 3.8) is 0 Å². The average Bonchev–Trinajstić information content (AvgIpc) is 1.57. The minimum Gasteiger partial charge on any atom is -0.456 e. The molecule has 0 saturated carbocycles. The van der Waals surface area contributed by atoms with E-state index in [1.807, 2.05) is 84.9 Å². The Kier molecular flexibility index (Phi) is 20.2. The van der Waals surface area contributed by atoms with E-state index in [1.165, 1.54) is 126 Å². The van der Waals surface area contributed by atoms with Crippen LogP contribution in [-0.4, -0.2) is 29.9 Å². The lowest BCUT2D eigenvalue weighted by molar-refractivity contribution is 0.299. The van der Waals surface area contributed by atoms with E-state index in [2.05, 4.69) is 422 Å². The maximum atomic E-state index is 6.35.